The summed E-state index contributed by atoms with van der Waals surface area (Å²) in [6, 6.07) is 17.0. The second-order valence-electron chi connectivity index (χ2n) is 8.22. The summed E-state index contributed by atoms with van der Waals surface area (Å²) in [5, 5.41) is 11.2. The summed E-state index contributed by atoms with van der Waals surface area (Å²) < 4.78 is 7.49. The molecule has 1 atom stereocenters. The van der Waals surface area contributed by atoms with E-state index in [4.69, 9.17) is 4.74 Å². The van der Waals surface area contributed by atoms with Crippen LogP contribution in [0.15, 0.2) is 66.2 Å². The van der Waals surface area contributed by atoms with Crippen molar-refractivity contribution >= 4 is 5.96 Å². The van der Waals surface area contributed by atoms with Crippen LogP contribution in [-0.4, -0.2) is 59.4 Å². The first-order valence-corrected chi connectivity index (χ1v) is 11.5. The predicted molar refractivity (Wildman–Crippen MR) is 130 cm³/mol. The number of nitrogens with one attached hydrogen (secondary N) is 2. The highest BCUT2D eigenvalue weighted by molar-refractivity contribution is 5.79. The number of likely N-dealkylation sites (tertiary alicyclic amines) is 1. The average molecular weight is 448 g/mol. The van der Waals surface area contributed by atoms with Gasteiger partial charge in [0, 0.05) is 25.7 Å². The Kier molecular flexibility index (Phi) is 7.92. The van der Waals surface area contributed by atoms with Gasteiger partial charge in [-0.15, -0.1) is 0 Å². The van der Waals surface area contributed by atoms with Crippen LogP contribution in [0.4, 0.5) is 0 Å². The third-order valence-electron chi connectivity index (χ3n) is 6.03. The highest BCUT2D eigenvalue weighted by Gasteiger charge is 2.26. The van der Waals surface area contributed by atoms with Gasteiger partial charge in [0.05, 0.1) is 19.7 Å². The Balaban J connectivity index is 1.38. The fourth-order valence-corrected chi connectivity index (χ4v) is 4.37. The van der Waals surface area contributed by atoms with E-state index in [0.29, 0.717) is 13.1 Å². The van der Waals surface area contributed by atoms with Crippen molar-refractivity contribution in [3.63, 3.8) is 0 Å². The van der Waals surface area contributed by atoms with Gasteiger partial charge in [0.25, 0.3) is 0 Å². The Labute approximate surface area is 195 Å². The average Bonchev–Trinajstić information content (AvgIpc) is 3.56. The molecule has 1 saturated heterocycles. The molecule has 1 aliphatic heterocycles. The van der Waals surface area contributed by atoms with Crippen LogP contribution in [0.3, 0.4) is 0 Å². The van der Waals surface area contributed by atoms with Crippen molar-refractivity contribution in [2.24, 2.45) is 4.99 Å². The summed E-state index contributed by atoms with van der Waals surface area (Å²) in [4.78, 5) is 11.0. The Hall–Kier alpha value is -3.39. The second-order valence-corrected chi connectivity index (χ2v) is 8.22. The maximum absolute atomic E-state index is 5.66. The maximum atomic E-state index is 5.66. The first-order valence-electron chi connectivity index (χ1n) is 11.5. The Bertz CT molecular complexity index is 1030. The van der Waals surface area contributed by atoms with E-state index in [9.17, 15) is 0 Å². The highest BCUT2D eigenvalue weighted by atomic mass is 16.5. The van der Waals surface area contributed by atoms with Crippen LogP contribution in [0.2, 0.25) is 0 Å². The lowest BCUT2D eigenvalue weighted by atomic mass is 10.0. The molecule has 3 aromatic rings. The molecule has 0 aliphatic carbocycles. The lowest BCUT2D eigenvalue weighted by Crippen LogP contribution is -2.42. The molecular formula is C25H33N7O. The number of rotatable bonds is 9. The van der Waals surface area contributed by atoms with E-state index in [1.807, 2.05) is 23.9 Å². The number of guanidine groups is 1. The van der Waals surface area contributed by atoms with Crippen LogP contribution in [-0.2, 0) is 13.1 Å². The van der Waals surface area contributed by atoms with E-state index >= 15 is 0 Å². The molecule has 0 spiro atoms. The molecule has 0 amide bonds. The van der Waals surface area contributed by atoms with Gasteiger partial charge in [0.15, 0.2) is 5.96 Å². The van der Waals surface area contributed by atoms with Gasteiger partial charge < -0.3 is 15.4 Å². The molecule has 2 heterocycles. The van der Waals surface area contributed by atoms with Crippen LogP contribution in [0.1, 0.15) is 35.6 Å². The number of ether oxygens (including phenoxy) is 1. The summed E-state index contributed by atoms with van der Waals surface area (Å²) in [5.74, 6) is 1.72. The summed E-state index contributed by atoms with van der Waals surface area (Å²) in [6.45, 7) is 4.36. The minimum absolute atomic E-state index is 0.230. The van der Waals surface area contributed by atoms with Crippen LogP contribution >= 0.6 is 0 Å². The molecule has 2 aromatic carbocycles. The fraction of sp³-hybridized carbons (Fsp3) is 0.400. The van der Waals surface area contributed by atoms with Gasteiger partial charge in [-0.2, -0.15) is 5.10 Å². The number of benzene rings is 2. The number of nitrogens with zero attached hydrogens (tertiary/aromatic N) is 5. The maximum Gasteiger partial charge on any atom is 0.191 e. The second kappa shape index (κ2) is 11.5. The largest absolute Gasteiger partial charge is 0.496 e. The summed E-state index contributed by atoms with van der Waals surface area (Å²) in [5.41, 5.74) is 3.59. The quantitative estimate of drug-likeness (QED) is 0.388. The molecule has 33 heavy (non-hydrogen) atoms. The van der Waals surface area contributed by atoms with Crippen LogP contribution in [0.5, 0.6) is 5.75 Å². The molecule has 1 unspecified atom stereocenters. The van der Waals surface area contributed by atoms with Gasteiger partial charge in [-0.25, -0.2) is 9.67 Å². The molecular weight excluding hydrogens is 414 g/mol. The van der Waals surface area contributed by atoms with E-state index in [1.54, 1.807) is 19.8 Å². The first-order chi connectivity index (χ1) is 16.3. The van der Waals surface area contributed by atoms with E-state index in [-0.39, 0.29) is 6.04 Å². The van der Waals surface area contributed by atoms with Crippen molar-refractivity contribution < 1.29 is 4.74 Å². The molecule has 2 N–H and O–H groups in total. The SMILES string of the molecule is CN=C(NCc1cccc(Cn2cncn2)c1)NCC(c1ccccc1OC)N1CCCC1. The van der Waals surface area contributed by atoms with E-state index in [0.717, 1.165) is 31.3 Å². The van der Waals surface area contributed by atoms with Crippen LogP contribution < -0.4 is 15.4 Å². The molecule has 0 radical (unpaired) electrons. The van der Waals surface area contributed by atoms with Gasteiger partial charge in [0.2, 0.25) is 0 Å². The smallest absolute Gasteiger partial charge is 0.191 e. The number of methoxy groups -OCH3 is 1. The van der Waals surface area contributed by atoms with Crippen molar-refractivity contribution in [3.05, 3.63) is 77.9 Å². The number of hydrogen-bond donors (Lipinski definition) is 2. The molecule has 1 aliphatic rings. The topological polar surface area (TPSA) is 79.6 Å². The lowest BCUT2D eigenvalue weighted by molar-refractivity contribution is 0.239. The van der Waals surface area contributed by atoms with E-state index in [1.165, 1.54) is 29.5 Å². The van der Waals surface area contributed by atoms with E-state index in [2.05, 4.69) is 67.0 Å². The number of para-hydroxylation sites is 1. The molecule has 4 rings (SSSR count). The van der Waals surface area contributed by atoms with Gasteiger partial charge in [-0.05, 0) is 43.1 Å². The Morgan fingerprint density at radius 2 is 1.91 bits per heavy atom. The van der Waals surface area contributed by atoms with Gasteiger partial charge in [-0.1, -0.05) is 42.5 Å². The zero-order chi connectivity index (χ0) is 22.9. The summed E-state index contributed by atoms with van der Waals surface area (Å²) in [7, 11) is 3.55. The molecule has 8 heteroatoms. The fourth-order valence-electron chi connectivity index (χ4n) is 4.37. The van der Waals surface area contributed by atoms with E-state index < -0.39 is 0 Å². The zero-order valence-electron chi connectivity index (χ0n) is 19.4. The molecule has 8 nitrogen and oxygen atoms in total. The lowest BCUT2D eigenvalue weighted by Gasteiger charge is -2.30. The van der Waals surface area contributed by atoms with Gasteiger partial charge >= 0.3 is 0 Å². The minimum atomic E-state index is 0.230. The van der Waals surface area contributed by atoms with Crippen molar-refractivity contribution in [3.8, 4) is 5.75 Å². The van der Waals surface area contributed by atoms with Crippen molar-refractivity contribution in [2.75, 3.05) is 33.8 Å². The molecule has 1 aromatic heterocycles. The number of aromatic nitrogens is 3. The summed E-state index contributed by atoms with van der Waals surface area (Å²) >= 11 is 0. The van der Waals surface area contributed by atoms with Crippen molar-refractivity contribution in [2.45, 2.75) is 32.0 Å². The van der Waals surface area contributed by atoms with Gasteiger partial charge in [0.1, 0.15) is 18.4 Å². The predicted octanol–water partition coefficient (Wildman–Crippen LogP) is 2.84. The van der Waals surface area contributed by atoms with Gasteiger partial charge in [-0.3, -0.25) is 9.89 Å². The molecule has 1 fully saturated rings. The Morgan fingerprint density at radius 1 is 1.09 bits per heavy atom. The zero-order valence-corrected chi connectivity index (χ0v) is 19.4. The monoisotopic (exact) mass is 447 g/mol. The first kappa shape index (κ1) is 22.8. The Morgan fingerprint density at radius 3 is 2.67 bits per heavy atom. The molecule has 0 saturated carbocycles. The minimum Gasteiger partial charge on any atom is -0.496 e. The highest BCUT2D eigenvalue weighted by Crippen LogP contribution is 2.31. The van der Waals surface area contributed by atoms with Crippen molar-refractivity contribution in [1.82, 2.24) is 30.3 Å². The summed E-state index contributed by atoms with van der Waals surface area (Å²) in [6.07, 6.45) is 5.77. The molecule has 0 bridgehead atoms. The van der Waals surface area contributed by atoms with Crippen LogP contribution in [0, 0.1) is 0 Å². The third kappa shape index (κ3) is 6.10. The van der Waals surface area contributed by atoms with Crippen LogP contribution in [0.25, 0.3) is 0 Å². The third-order valence-corrected chi connectivity index (χ3v) is 6.03. The number of aliphatic imine (C=N–C) groups is 1. The number of hydrogen-bond acceptors (Lipinski definition) is 5. The molecule has 174 valence electrons. The standard InChI is InChI=1S/C25H33N7O/c1-26-25(28-15-20-8-7-9-21(14-20)17-32-19-27-18-30-32)29-16-23(31-12-5-6-13-31)22-10-3-4-11-24(22)33-2/h3-4,7-11,14,18-19,23H,5-6,12-13,15-17H2,1-2H3,(H2,26,28,29). The van der Waals surface area contributed by atoms with Crippen molar-refractivity contribution in [1.29, 1.82) is 0 Å². The normalized spacial score (nSPS) is 15.4.